The molecule has 4 nitrogen and oxygen atoms in total. The zero-order chi connectivity index (χ0) is 6.57. The van der Waals surface area contributed by atoms with Crippen LogP contribution in [0.5, 0.6) is 0 Å². The van der Waals surface area contributed by atoms with Gasteiger partial charge >= 0.3 is 29.6 Å². The summed E-state index contributed by atoms with van der Waals surface area (Å²) in [5.74, 6) is 0. The van der Waals surface area contributed by atoms with Gasteiger partial charge < -0.3 is 19.8 Å². The zero-order valence-corrected chi connectivity index (χ0v) is 7.52. The summed E-state index contributed by atoms with van der Waals surface area (Å²) in [4.78, 5) is 18.9. The standard InChI is InChI=1S/C4H5O4.B.Na/c5-1-3(7)4(8)2-6;;/h1,3-4,7-8H;;/q-1;;+1. The van der Waals surface area contributed by atoms with Crippen LogP contribution in [-0.2, 0) is 9.59 Å². The van der Waals surface area contributed by atoms with Gasteiger partial charge in [-0.2, -0.15) is 0 Å². The maximum atomic E-state index is 9.52. The summed E-state index contributed by atoms with van der Waals surface area (Å²) in [7, 11) is 0. The van der Waals surface area contributed by atoms with Crippen molar-refractivity contribution in [2.45, 2.75) is 12.2 Å². The Morgan fingerprint density at radius 2 is 1.80 bits per heavy atom. The van der Waals surface area contributed by atoms with Crippen molar-refractivity contribution in [3.8, 4) is 0 Å². The van der Waals surface area contributed by atoms with Crippen LogP contribution in [0.3, 0.4) is 0 Å². The maximum absolute atomic E-state index is 9.52. The Labute approximate surface area is 82.5 Å². The third kappa shape index (κ3) is 6.45. The molecule has 2 atom stereocenters. The Bertz CT molecular complexity index is 87.3. The largest absolute Gasteiger partial charge is 1.00 e. The molecule has 0 saturated heterocycles. The second-order valence-corrected chi connectivity index (χ2v) is 1.19. The summed E-state index contributed by atoms with van der Waals surface area (Å²) in [5.41, 5.74) is 0. The fourth-order valence-electron chi connectivity index (χ4n) is 0.144. The number of hydrogen-bond donors (Lipinski definition) is 2. The molecule has 0 aromatic carbocycles. The van der Waals surface area contributed by atoms with E-state index >= 15 is 0 Å². The molecule has 0 aliphatic carbocycles. The van der Waals surface area contributed by atoms with Gasteiger partial charge in [-0.15, -0.1) is 0 Å². The maximum Gasteiger partial charge on any atom is 1.00 e. The van der Waals surface area contributed by atoms with Crippen LogP contribution in [0.4, 0.5) is 0 Å². The van der Waals surface area contributed by atoms with Crippen molar-refractivity contribution in [1.82, 2.24) is 0 Å². The van der Waals surface area contributed by atoms with E-state index in [0.717, 1.165) is 6.29 Å². The molecule has 0 aromatic heterocycles. The summed E-state index contributed by atoms with van der Waals surface area (Å²) < 4.78 is 0. The van der Waals surface area contributed by atoms with Gasteiger partial charge in [0.25, 0.3) is 0 Å². The molecule has 0 rings (SSSR count). The predicted molar refractivity (Wildman–Crippen MR) is 29.5 cm³/mol. The monoisotopic (exact) mass is 151 g/mol. The van der Waals surface area contributed by atoms with E-state index in [1.807, 2.05) is 0 Å². The van der Waals surface area contributed by atoms with Gasteiger partial charge in [-0.1, -0.05) is 0 Å². The van der Waals surface area contributed by atoms with E-state index in [0.29, 0.717) is 0 Å². The van der Waals surface area contributed by atoms with Crippen LogP contribution < -0.4 is 29.6 Å². The van der Waals surface area contributed by atoms with Crippen LogP contribution in [0.25, 0.3) is 0 Å². The van der Waals surface area contributed by atoms with Crippen LogP contribution in [0.1, 0.15) is 0 Å². The van der Waals surface area contributed by atoms with E-state index in [4.69, 9.17) is 10.2 Å². The third-order valence-corrected chi connectivity index (χ3v) is 0.584. The molecular weight excluding hydrogens is 146 g/mol. The zero-order valence-electron chi connectivity index (χ0n) is 5.52. The fourth-order valence-corrected chi connectivity index (χ4v) is 0.144. The molecule has 2 unspecified atom stereocenters. The van der Waals surface area contributed by atoms with Crippen molar-refractivity contribution >= 4 is 21.0 Å². The molecule has 10 heavy (non-hydrogen) atoms. The molecule has 3 radical (unpaired) electrons. The normalized spacial score (nSPS) is 13.4. The van der Waals surface area contributed by atoms with Gasteiger partial charge in [0, 0.05) is 8.41 Å². The fraction of sp³-hybridized carbons (Fsp3) is 0.500. The minimum absolute atomic E-state index is 0. The molecule has 0 aliphatic heterocycles. The van der Waals surface area contributed by atoms with Gasteiger partial charge in [-0.25, -0.2) is 6.29 Å². The average Bonchev–Trinajstić information content (AvgIpc) is 1.84. The first-order valence-electron chi connectivity index (χ1n) is 1.91. The molecule has 0 saturated carbocycles. The summed E-state index contributed by atoms with van der Waals surface area (Å²) in [6, 6.07) is 0. The van der Waals surface area contributed by atoms with Gasteiger partial charge in [0.2, 0.25) is 0 Å². The first-order valence-corrected chi connectivity index (χ1v) is 1.91. The smallest absolute Gasteiger partial charge is 0.539 e. The molecule has 0 amide bonds. The molecule has 6 heteroatoms. The third-order valence-electron chi connectivity index (χ3n) is 0.584. The number of carbonyl (C=O) groups excluding carboxylic acids is 2. The van der Waals surface area contributed by atoms with E-state index in [2.05, 4.69) is 0 Å². The number of carbonyl (C=O) groups is 1. The Morgan fingerprint density at radius 3 is 1.90 bits per heavy atom. The minimum atomic E-state index is -1.70. The van der Waals surface area contributed by atoms with Crippen LogP contribution in [0.2, 0.25) is 0 Å². The van der Waals surface area contributed by atoms with E-state index in [1.54, 1.807) is 0 Å². The summed E-state index contributed by atoms with van der Waals surface area (Å²) in [5, 5.41) is 16.5. The number of rotatable bonds is 3. The van der Waals surface area contributed by atoms with Crippen molar-refractivity contribution in [2.75, 3.05) is 0 Å². The van der Waals surface area contributed by atoms with Crippen molar-refractivity contribution in [3.63, 3.8) is 0 Å². The van der Waals surface area contributed by atoms with Crippen LogP contribution >= 0.6 is 0 Å². The topological polar surface area (TPSA) is 74.6 Å². The van der Waals surface area contributed by atoms with Crippen LogP contribution in [0.15, 0.2) is 0 Å². The predicted octanol–water partition coefficient (Wildman–Crippen LogP) is -5.36. The number of aldehydes is 1. The number of aliphatic hydroxyl groups is 2. The first kappa shape index (κ1) is 16.7. The quantitative estimate of drug-likeness (QED) is 0.240. The van der Waals surface area contributed by atoms with Crippen LogP contribution in [0, 0.1) is 0 Å². The van der Waals surface area contributed by atoms with Crippen molar-refractivity contribution in [2.24, 2.45) is 0 Å². The molecule has 0 bridgehead atoms. The SMILES string of the molecule is O=[C-]C(O)C(O)C=O.[B].[Na+]. The number of hydrogen-bond acceptors (Lipinski definition) is 4. The summed E-state index contributed by atoms with van der Waals surface area (Å²) in [6.07, 6.45) is -2.23. The second-order valence-electron chi connectivity index (χ2n) is 1.19. The van der Waals surface area contributed by atoms with Crippen molar-refractivity contribution in [3.05, 3.63) is 0 Å². The molecule has 0 aliphatic rings. The Balaban J connectivity index is -0.000000245. The molecule has 0 heterocycles. The van der Waals surface area contributed by atoms with Crippen LogP contribution in [-0.4, -0.2) is 43.4 Å². The molecule has 2 N–H and O–H groups in total. The van der Waals surface area contributed by atoms with Gasteiger partial charge in [-0.3, -0.25) is 0 Å². The number of aliphatic hydroxyl groups excluding tert-OH is 2. The van der Waals surface area contributed by atoms with Gasteiger partial charge in [0.05, 0.1) is 0 Å². The van der Waals surface area contributed by atoms with Gasteiger partial charge in [0.1, 0.15) is 12.4 Å². The Kier molecular flexibility index (Phi) is 15.6. The molecular formula is C4H5BNaO4. The second kappa shape index (κ2) is 9.32. The van der Waals surface area contributed by atoms with Crippen molar-refractivity contribution < 1.29 is 49.4 Å². The Morgan fingerprint density at radius 1 is 1.40 bits per heavy atom. The van der Waals surface area contributed by atoms with E-state index in [1.165, 1.54) is 0 Å². The van der Waals surface area contributed by atoms with Gasteiger partial charge in [-0.05, 0) is 6.10 Å². The van der Waals surface area contributed by atoms with E-state index in [9.17, 15) is 9.59 Å². The first-order chi connectivity index (χ1) is 3.72. The molecule has 0 fully saturated rings. The van der Waals surface area contributed by atoms with Crippen molar-refractivity contribution in [1.29, 1.82) is 0 Å². The summed E-state index contributed by atoms with van der Waals surface area (Å²) >= 11 is 0. The van der Waals surface area contributed by atoms with E-state index in [-0.39, 0.29) is 44.3 Å². The Hall–Kier alpha value is 0.325. The molecule has 0 aromatic rings. The van der Waals surface area contributed by atoms with Gasteiger partial charge in [0.15, 0.2) is 0 Å². The molecule has 0 spiro atoms. The minimum Gasteiger partial charge on any atom is -0.539 e. The molecule has 49 valence electrons. The average molecular weight is 151 g/mol. The van der Waals surface area contributed by atoms with E-state index < -0.39 is 12.2 Å². The summed E-state index contributed by atoms with van der Waals surface area (Å²) in [6.45, 7) is 0.